The number of hydrogen-bond donors (Lipinski definition) is 2. The van der Waals surface area contributed by atoms with Crippen LogP contribution in [0.1, 0.15) is 25.5 Å². The maximum Gasteiger partial charge on any atom is 0.148 e. The minimum absolute atomic E-state index is 0.357. The zero-order valence-electron chi connectivity index (χ0n) is 10.4. The van der Waals surface area contributed by atoms with E-state index in [1.807, 2.05) is 12.1 Å². The third-order valence-corrected chi connectivity index (χ3v) is 2.80. The zero-order chi connectivity index (χ0) is 12.1. The molecule has 0 spiro atoms. The molecule has 5 nitrogen and oxygen atoms in total. The first kappa shape index (κ1) is 12.3. The highest BCUT2D eigenvalue weighted by molar-refractivity contribution is 5.33. The lowest BCUT2D eigenvalue weighted by Crippen LogP contribution is -2.45. The number of aromatic nitrogens is 2. The van der Waals surface area contributed by atoms with Crippen LogP contribution in [0.15, 0.2) is 12.1 Å². The Morgan fingerprint density at radius 1 is 1.47 bits per heavy atom. The summed E-state index contributed by atoms with van der Waals surface area (Å²) in [5.74, 6) is 1.24. The van der Waals surface area contributed by atoms with Gasteiger partial charge in [0.2, 0.25) is 0 Å². The first-order valence-electron chi connectivity index (χ1n) is 6.14. The topological polar surface area (TPSA) is 59.1 Å². The number of ether oxygens (including phenoxy) is 1. The fourth-order valence-electron chi connectivity index (χ4n) is 1.72. The number of anilines is 1. The summed E-state index contributed by atoms with van der Waals surface area (Å²) in [6.07, 6.45) is 0. The number of rotatable bonds is 4. The summed E-state index contributed by atoms with van der Waals surface area (Å²) < 4.78 is 5.38. The largest absolute Gasteiger partial charge is 0.378 e. The van der Waals surface area contributed by atoms with E-state index in [2.05, 4.69) is 34.7 Å². The number of nitrogens with zero attached hydrogens (tertiary/aromatic N) is 2. The van der Waals surface area contributed by atoms with Crippen molar-refractivity contribution in [2.45, 2.75) is 25.8 Å². The van der Waals surface area contributed by atoms with Crippen LogP contribution in [0.4, 0.5) is 5.82 Å². The Kier molecular flexibility index (Phi) is 4.28. The van der Waals surface area contributed by atoms with Crippen LogP contribution in [0.3, 0.4) is 0 Å². The van der Waals surface area contributed by atoms with E-state index in [0.29, 0.717) is 12.0 Å². The van der Waals surface area contributed by atoms with E-state index >= 15 is 0 Å². The summed E-state index contributed by atoms with van der Waals surface area (Å²) in [6, 6.07) is 4.35. The van der Waals surface area contributed by atoms with Gasteiger partial charge in [0.25, 0.3) is 0 Å². The lowest BCUT2D eigenvalue weighted by Gasteiger charge is -2.24. The summed E-state index contributed by atoms with van der Waals surface area (Å²) in [5.41, 5.74) is 1.02. The van der Waals surface area contributed by atoms with Crippen LogP contribution in [0.25, 0.3) is 0 Å². The van der Waals surface area contributed by atoms with Crippen molar-refractivity contribution in [3.05, 3.63) is 17.8 Å². The fraction of sp³-hybridized carbons (Fsp3) is 0.667. The van der Waals surface area contributed by atoms with Gasteiger partial charge in [-0.3, -0.25) is 0 Å². The Morgan fingerprint density at radius 3 is 2.94 bits per heavy atom. The lowest BCUT2D eigenvalue weighted by molar-refractivity contribution is 0.0806. The van der Waals surface area contributed by atoms with Crippen molar-refractivity contribution in [1.82, 2.24) is 15.5 Å². The van der Waals surface area contributed by atoms with Crippen LogP contribution < -0.4 is 10.6 Å². The molecule has 1 aromatic heterocycles. The Labute approximate surface area is 102 Å². The van der Waals surface area contributed by atoms with Gasteiger partial charge in [0.1, 0.15) is 5.82 Å². The molecule has 1 atom stereocenters. The molecule has 1 unspecified atom stereocenters. The van der Waals surface area contributed by atoms with Crippen molar-refractivity contribution in [2.24, 2.45) is 0 Å². The minimum Gasteiger partial charge on any atom is -0.378 e. The smallest absolute Gasteiger partial charge is 0.148 e. The van der Waals surface area contributed by atoms with E-state index in [9.17, 15) is 0 Å². The van der Waals surface area contributed by atoms with Gasteiger partial charge < -0.3 is 15.4 Å². The Balaban J connectivity index is 1.82. The average Bonchev–Trinajstić information content (AvgIpc) is 2.38. The molecule has 5 heteroatoms. The molecule has 1 aromatic rings. The van der Waals surface area contributed by atoms with Crippen molar-refractivity contribution in [3.63, 3.8) is 0 Å². The van der Waals surface area contributed by atoms with Crippen molar-refractivity contribution in [1.29, 1.82) is 0 Å². The van der Waals surface area contributed by atoms with Crippen LogP contribution in [-0.4, -0.2) is 42.5 Å². The van der Waals surface area contributed by atoms with E-state index in [1.54, 1.807) is 0 Å². The van der Waals surface area contributed by atoms with Gasteiger partial charge in [-0.25, -0.2) is 0 Å². The van der Waals surface area contributed by atoms with Gasteiger partial charge in [0.05, 0.1) is 18.9 Å². The monoisotopic (exact) mass is 236 g/mol. The van der Waals surface area contributed by atoms with Gasteiger partial charge in [0, 0.05) is 19.1 Å². The molecule has 0 aliphatic carbocycles. The molecule has 0 saturated carbocycles. The van der Waals surface area contributed by atoms with E-state index < -0.39 is 0 Å². The highest BCUT2D eigenvalue weighted by atomic mass is 16.5. The van der Waals surface area contributed by atoms with Gasteiger partial charge in [-0.15, -0.1) is 5.10 Å². The predicted octanol–water partition coefficient (Wildman–Crippen LogP) is 1.00. The normalized spacial score (nSPS) is 20.5. The molecule has 2 N–H and O–H groups in total. The fourth-order valence-corrected chi connectivity index (χ4v) is 1.72. The van der Waals surface area contributed by atoms with E-state index in [-0.39, 0.29) is 0 Å². The molecule has 1 fully saturated rings. The van der Waals surface area contributed by atoms with Gasteiger partial charge in [-0.2, -0.15) is 5.10 Å². The van der Waals surface area contributed by atoms with Crippen molar-refractivity contribution in [2.75, 3.05) is 31.6 Å². The summed E-state index contributed by atoms with van der Waals surface area (Å²) in [6.45, 7) is 7.52. The third kappa shape index (κ3) is 3.64. The molecule has 2 rings (SSSR count). The first-order valence-corrected chi connectivity index (χ1v) is 6.14. The molecular weight excluding hydrogens is 216 g/mol. The first-order chi connectivity index (χ1) is 8.25. The van der Waals surface area contributed by atoms with Crippen molar-refractivity contribution >= 4 is 5.82 Å². The van der Waals surface area contributed by atoms with E-state index in [0.717, 1.165) is 37.8 Å². The Morgan fingerprint density at radius 2 is 2.35 bits per heavy atom. The average molecular weight is 236 g/mol. The molecule has 1 aliphatic rings. The van der Waals surface area contributed by atoms with Crippen LogP contribution in [0.5, 0.6) is 0 Å². The molecule has 17 heavy (non-hydrogen) atoms. The molecule has 1 saturated heterocycles. The highest BCUT2D eigenvalue weighted by Crippen LogP contribution is 2.11. The second kappa shape index (κ2) is 5.93. The second-order valence-corrected chi connectivity index (χ2v) is 4.61. The Hall–Kier alpha value is -1.20. The van der Waals surface area contributed by atoms with Gasteiger partial charge in [-0.1, -0.05) is 13.8 Å². The molecule has 0 radical (unpaired) electrons. The zero-order valence-corrected chi connectivity index (χ0v) is 10.4. The number of morpholine rings is 1. The van der Waals surface area contributed by atoms with Crippen LogP contribution >= 0.6 is 0 Å². The third-order valence-electron chi connectivity index (χ3n) is 2.80. The maximum atomic E-state index is 5.38. The summed E-state index contributed by atoms with van der Waals surface area (Å²) in [7, 11) is 0. The second-order valence-electron chi connectivity index (χ2n) is 4.61. The van der Waals surface area contributed by atoms with Gasteiger partial charge >= 0.3 is 0 Å². The maximum absolute atomic E-state index is 5.38. The molecule has 1 aliphatic heterocycles. The predicted molar refractivity (Wildman–Crippen MR) is 67.2 cm³/mol. The van der Waals surface area contributed by atoms with Gasteiger partial charge in [0.15, 0.2) is 0 Å². The molecular formula is C12H20N4O. The standard InChI is InChI=1S/C12H20N4O/c1-9(2)11-3-4-12(16-15-11)14-7-10-8-17-6-5-13-10/h3-4,9-10,13H,5-8H2,1-2H3,(H,14,16). The number of nitrogens with one attached hydrogen (secondary N) is 2. The highest BCUT2D eigenvalue weighted by Gasteiger charge is 2.12. The lowest BCUT2D eigenvalue weighted by atomic mass is 10.1. The van der Waals surface area contributed by atoms with Crippen LogP contribution in [0.2, 0.25) is 0 Å². The summed E-state index contributed by atoms with van der Waals surface area (Å²) in [4.78, 5) is 0. The van der Waals surface area contributed by atoms with Crippen LogP contribution in [0, 0.1) is 0 Å². The molecule has 0 bridgehead atoms. The molecule has 0 aromatic carbocycles. The molecule has 94 valence electrons. The number of hydrogen-bond acceptors (Lipinski definition) is 5. The summed E-state index contributed by atoms with van der Waals surface area (Å²) in [5, 5.41) is 15.0. The molecule has 0 amide bonds. The van der Waals surface area contributed by atoms with Gasteiger partial charge in [-0.05, 0) is 18.1 Å². The minimum atomic E-state index is 0.357. The van der Waals surface area contributed by atoms with Crippen LogP contribution in [-0.2, 0) is 4.74 Å². The van der Waals surface area contributed by atoms with E-state index in [1.165, 1.54) is 0 Å². The molecule has 2 heterocycles. The summed E-state index contributed by atoms with van der Waals surface area (Å²) >= 11 is 0. The van der Waals surface area contributed by atoms with Crippen molar-refractivity contribution < 1.29 is 4.74 Å². The van der Waals surface area contributed by atoms with E-state index in [4.69, 9.17) is 4.74 Å². The SMILES string of the molecule is CC(C)c1ccc(NCC2COCCN2)nn1. The van der Waals surface area contributed by atoms with Crippen molar-refractivity contribution in [3.8, 4) is 0 Å². The quantitative estimate of drug-likeness (QED) is 0.816. The Bertz CT molecular complexity index is 333.